The van der Waals surface area contributed by atoms with Crippen molar-refractivity contribution in [3.05, 3.63) is 48.1 Å². The summed E-state index contributed by atoms with van der Waals surface area (Å²) in [5.74, 6) is -1.06. The number of ether oxygens (including phenoxy) is 1. The van der Waals surface area contributed by atoms with Gasteiger partial charge in [0.1, 0.15) is 30.0 Å². The fraction of sp³-hybridized carbons (Fsp3) is 0.231. The molecule has 0 aliphatic rings. The Kier molecular flexibility index (Phi) is 3.89. The summed E-state index contributed by atoms with van der Waals surface area (Å²) in [6, 6.07) is 3.32. The van der Waals surface area contributed by atoms with Gasteiger partial charge in [-0.25, -0.2) is 18.4 Å². The first kappa shape index (κ1) is 13.2. The van der Waals surface area contributed by atoms with Crippen LogP contribution in [0.15, 0.2) is 30.9 Å². The summed E-state index contributed by atoms with van der Waals surface area (Å²) < 4.78 is 33.6. The largest absolute Gasteiger partial charge is 0.489 e. The zero-order valence-corrected chi connectivity index (χ0v) is 10.5. The minimum atomic E-state index is -0.688. The van der Waals surface area contributed by atoms with E-state index < -0.39 is 11.6 Å². The predicted molar refractivity (Wildman–Crippen MR) is 66.8 cm³/mol. The van der Waals surface area contributed by atoms with Crippen molar-refractivity contribution < 1.29 is 13.5 Å². The van der Waals surface area contributed by atoms with Crippen molar-refractivity contribution in [1.29, 1.82) is 0 Å². The van der Waals surface area contributed by atoms with Crippen LogP contribution >= 0.6 is 0 Å². The van der Waals surface area contributed by atoms with E-state index in [0.717, 1.165) is 6.07 Å². The molecule has 0 radical (unpaired) electrons. The van der Waals surface area contributed by atoms with E-state index in [-0.39, 0.29) is 17.4 Å². The highest BCUT2D eigenvalue weighted by molar-refractivity contribution is 5.70. The minimum absolute atomic E-state index is 0.153. The third kappa shape index (κ3) is 3.37. The predicted octanol–water partition coefficient (Wildman–Crippen LogP) is 2.94. The van der Waals surface area contributed by atoms with Gasteiger partial charge in [0.15, 0.2) is 0 Å². The Hall–Kier alpha value is -2.24. The molecule has 1 aromatic carbocycles. The molecule has 0 aliphatic heterocycles. The molecule has 0 amide bonds. The molecule has 2 rings (SSSR count). The lowest BCUT2D eigenvalue weighted by Gasteiger charge is -2.14. The molecule has 0 spiro atoms. The zero-order valence-electron chi connectivity index (χ0n) is 10.5. The number of halogens is 2. The Balaban J connectivity index is 2.42. The average molecular weight is 265 g/mol. The molecule has 2 aromatic rings. The van der Waals surface area contributed by atoms with Crippen molar-refractivity contribution in [3.8, 4) is 0 Å². The lowest BCUT2D eigenvalue weighted by Crippen LogP contribution is -2.05. The first-order valence-electron chi connectivity index (χ1n) is 5.74. The Labute approximate surface area is 109 Å². The Morgan fingerprint density at radius 1 is 1.37 bits per heavy atom. The molecule has 0 N–H and O–H groups in total. The maximum absolute atomic E-state index is 13.8. The van der Waals surface area contributed by atoms with Crippen LogP contribution in [0.5, 0.6) is 0 Å². The molecule has 0 saturated carbocycles. The summed E-state index contributed by atoms with van der Waals surface area (Å²) in [5, 5.41) is 3.89. The van der Waals surface area contributed by atoms with Crippen LogP contribution in [0.2, 0.25) is 0 Å². The van der Waals surface area contributed by atoms with E-state index in [2.05, 4.69) is 10.1 Å². The summed E-state index contributed by atoms with van der Waals surface area (Å²) in [7, 11) is 0. The fourth-order valence-corrected chi connectivity index (χ4v) is 1.51. The molecule has 19 heavy (non-hydrogen) atoms. The van der Waals surface area contributed by atoms with Gasteiger partial charge >= 0.3 is 0 Å². The second-order valence-corrected chi connectivity index (χ2v) is 4.16. The van der Waals surface area contributed by atoms with Crippen molar-refractivity contribution in [3.63, 3.8) is 0 Å². The highest BCUT2D eigenvalue weighted by atomic mass is 19.1. The maximum atomic E-state index is 13.8. The standard InChI is InChI=1S/C13H13F2N3O/c1-9(2)19-13(6-18-8-16-7-17-18)11-4-3-10(14)5-12(11)15/h3-9H,1-2H3. The second-order valence-electron chi connectivity index (χ2n) is 4.16. The highest BCUT2D eigenvalue weighted by Crippen LogP contribution is 2.22. The van der Waals surface area contributed by atoms with Gasteiger partial charge in [0.05, 0.1) is 17.9 Å². The molecule has 1 heterocycles. The first-order valence-corrected chi connectivity index (χ1v) is 5.74. The molecule has 0 fully saturated rings. The molecule has 0 atom stereocenters. The minimum Gasteiger partial charge on any atom is -0.489 e. The van der Waals surface area contributed by atoms with Crippen LogP contribution < -0.4 is 0 Å². The van der Waals surface area contributed by atoms with Crippen LogP contribution in [0.1, 0.15) is 19.4 Å². The summed E-state index contributed by atoms with van der Waals surface area (Å²) in [5.41, 5.74) is 0.172. The summed E-state index contributed by atoms with van der Waals surface area (Å²) in [4.78, 5) is 3.78. The zero-order chi connectivity index (χ0) is 13.8. The quantitative estimate of drug-likeness (QED) is 0.798. The molecule has 1 aromatic heterocycles. The van der Waals surface area contributed by atoms with Gasteiger partial charge in [-0.1, -0.05) is 0 Å². The first-order chi connectivity index (χ1) is 9.06. The number of benzene rings is 1. The number of rotatable bonds is 4. The molecular weight excluding hydrogens is 252 g/mol. The molecule has 4 nitrogen and oxygen atoms in total. The smallest absolute Gasteiger partial charge is 0.148 e. The average Bonchev–Trinajstić information content (AvgIpc) is 2.80. The van der Waals surface area contributed by atoms with Gasteiger partial charge in [0.2, 0.25) is 0 Å². The Bertz CT molecular complexity index is 580. The SMILES string of the molecule is CC(C)OC(=Cn1cncn1)c1ccc(F)cc1F. The number of aromatic nitrogens is 3. The van der Waals surface area contributed by atoms with E-state index in [1.54, 1.807) is 0 Å². The van der Waals surface area contributed by atoms with Crippen molar-refractivity contribution >= 4 is 12.0 Å². The van der Waals surface area contributed by atoms with E-state index in [1.165, 1.54) is 35.7 Å². The molecular formula is C13H13F2N3O. The lowest BCUT2D eigenvalue weighted by atomic mass is 10.1. The van der Waals surface area contributed by atoms with Gasteiger partial charge in [-0.15, -0.1) is 0 Å². The van der Waals surface area contributed by atoms with Crippen molar-refractivity contribution in [1.82, 2.24) is 14.8 Å². The molecule has 100 valence electrons. The van der Waals surface area contributed by atoms with Crippen LogP contribution in [0.25, 0.3) is 12.0 Å². The van der Waals surface area contributed by atoms with Crippen LogP contribution in [0, 0.1) is 11.6 Å². The summed E-state index contributed by atoms with van der Waals surface area (Å²) >= 11 is 0. The maximum Gasteiger partial charge on any atom is 0.148 e. The Morgan fingerprint density at radius 3 is 2.74 bits per heavy atom. The van der Waals surface area contributed by atoms with Gasteiger partial charge in [-0.05, 0) is 26.0 Å². The molecule has 6 heteroatoms. The third-order valence-electron chi connectivity index (χ3n) is 2.25. The second kappa shape index (κ2) is 5.60. The third-order valence-corrected chi connectivity index (χ3v) is 2.25. The molecule has 0 saturated heterocycles. The van der Waals surface area contributed by atoms with E-state index in [4.69, 9.17) is 4.74 Å². The van der Waals surface area contributed by atoms with Crippen molar-refractivity contribution in [2.45, 2.75) is 20.0 Å². The highest BCUT2D eigenvalue weighted by Gasteiger charge is 2.12. The Morgan fingerprint density at radius 2 is 2.16 bits per heavy atom. The van der Waals surface area contributed by atoms with Crippen molar-refractivity contribution in [2.75, 3.05) is 0 Å². The lowest BCUT2D eigenvalue weighted by molar-refractivity contribution is 0.204. The monoisotopic (exact) mass is 265 g/mol. The van der Waals surface area contributed by atoms with E-state index in [1.807, 2.05) is 13.8 Å². The molecule has 0 aliphatic carbocycles. The van der Waals surface area contributed by atoms with E-state index in [9.17, 15) is 8.78 Å². The van der Waals surface area contributed by atoms with Gasteiger partial charge in [0, 0.05) is 6.07 Å². The van der Waals surface area contributed by atoms with E-state index in [0.29, 0.717) is 0 Å². The van der Waals surface area contributed by atoms with Crippen LogP contribution in [0.3, 0.4) is 0 Å². The van der Waals surface area contributed by atoms with Crippen LogP contribution in [-0.4, -0.2) is 20.9 Å². The number of hydrogen-bond acceptors (Lipinski definition) is 3. The van der Waals surface area contributed by atoms with Gasteiger partial charge in [-0.2, -0.15) is 5.10 Å². The van der Waals surface area contributed by atoms with Gasteiger partial charge < -0.3 is 4.74 Å². The summed E-state index contributed by atoms with van der Waals surface area (Å²) in [6.07, 6.45) is 4.14. The topological polar surface area (TPSA) is 39.9 Å². The van der Waals surface area contributed by atoms with Gasteiger partial charge in [-0.3, -0.25) is 0 Å². The van der Waals surface area contributed by atoms with Gasteiger partial charge in [0.25, 0.3) is 0 Å². The molecule has 0 unspecified atom stereocenters. The van der Waals surface area contributed by atoms with Crippen LogP contribution in [-0.2, 0) is 4.74 Å². The summed E-state index contributed by atoms with van der Waals surface area (Å²) in [6.45, 7) is 3.63. The number of hydrogen-bond donors (Lipinski definition) is 0. The van der Waals surface area contributed by atoms with Crippen molar-refractivity contribution in [2.24, 2.45) is 0 Å². The normalized spacial score (nSPS) is 11.9. The molecule has 0 bridgehead atoms. The van der Waals surface area contributed by atoms with Crippen LogP contribution in [0.4, 0.5) is 8.78 Å². The fourth-order valence-electron chi connectivity index (χ4n) is 1.51. The number of nitrogens with zero attached hydrogens (tertiary/aromatic N) is 3. The van der Waals surface area contributed by atoms with E-state index >= 15 is 0 Å².